The number of rotatable bonds is 6. The lowest BCUT2D eigenvalue weighted by Gasteiger charge is -2.07. The van der Waals surface area contributed by atoms with E-state index < -0.39 is 5.97 Å². The van der Waals surface area contributed by atoms with Gasteiger partial charge in [0.15, 0.2) is 5.16 Å². The smallest absolute Gasteiger partial charge is 0.326 e. The molecule has 21 heavy (non-hydrogen) atoms. The van der Waals surface area contributed by atoms with Crippen molar-refractivity contribution in [2.24, 2.45) is 0 Å². The van der Waals surface area contributed by atoms with Crippen LogP contribution in [0.15, 0.2) is 27.8 Å². The van der Waals surface area contributed by atoms with Crippen LogP contribution in [0.4, 0.5) is 0 Å². The van der Waals surface area contributed by atoms with E-state index >= 15 is 0 Å². The molecule has 1 heterocycles. The van der Waals surface area contributed by atoms with Gasteiger partial charge in [0.1, 0.15) is 6.54 Å². The molecule has 1 N–H and O–H groups in total. The Kier molecular flexibility index (Phi) is 5.24. The second-order valence-electron chi connectivity index (χ2n) is 4.10. The molecule has 0 unspecified atom stereocenters. The minimum absolute atomic E-state index is 0.00272. The van der Waals surface area contributed by atoms with Crippen molar-refractivity contribution in [2.75, 3.05) is 12.4 Å². The lowest BCUT2D eigenvalue weighted by Crippen LogP contribution is -2.14. The molecule has 2 rings (SSSR count). The topological polar surface area (TPSA) is 81.4 Å². The van der Waals surface area contributed by atoms with Crippen molar-refractivity contribution in [1.82, 2.24) is 9.55 Å². The number of halogens is 1. The summed E-state index contributed by atoms with van der Waals surface area (Å²) in [5, 5.41) is 9.28. The summed E-state index contributed by atoms with van der Waals surface area (Å²) in [5.41, 5.74) is 1.46. The van der Waals surface area contributed by atoms with Gasteiger partial charge in [0.05, 0.1) is 23.4 Å². The van der Waals surface area contributed by atoms with Crippen LogP contribution in [-0.2, 0) is 20.9 Å². The zero-order chi connectivity index (χ0) is 15.4. The second-order valence-corrected chi connectivity index (χ2v) is 5.96. The van der Waals surface area contributed by atoms with Gasteiger partial charge >= 0.3 is 11.9 Å². The molecule has 0 aliphatic heterocycles. The number of ether oxygens (including phenoxy) is 1. The van der Waals surface area contributed by atoms with Crippen LogP contribution in [0.2, 0.25) is 0 Å². The number of carbonyl (C=O) groups is 2. The summed E-state index contributed by atoms with van der Waals surface area (Å²) < 4.78 is 7.48. The number of aromatic nitrogens is 2. The Labute approximate surface area is 133 Å². The Balaban J connectivity index is 2.40. The molecule has 0 amide bonds. The van der Waals surface area contributed by atoms with Gasteiger partial charge in [-0.15, -0.1) is 0 Å². The Morgan fingerprint density at radius 1 is 1.48 bits per heavy atom. The van der Waals surface area contributed by atoms with E-state index in [1.165, 1.54) is 0 Å². The standard InChI is InChI=1S/C13H13BrN2O4S/c1-2-20-12(19)6-16-10-5-8(14)3-4-9(10)15-13(16)21-7-11(17)18/h3-5H,2,6-7H2,1H3,(H,17,18). The summed E-state index contributed by atoms with van der Waals surface area (Å²) in [4.78, 5) is 26.8. The van der Waals surface area contributed by atoms with Crippen molar-refractivity contribution in [3.63, 3.8) is 0 Å². The fourth-order valence-electron chi connectivity index (χ4n) is 1.80. The van der Waals surface area contributed by atoms with Crippen LogP contribution >= 0.6 is 27.7 Å². The Morgan fingerprint density at radius 3 is 2.90 bits per heavy atom. The minimum Gasteiger partial charge on any atom is -0.481 e. The molecule has 6 nitrogen and oxygen atoms in total. The third-order valence-electron chi connectivity index (χ3n) is 2.59. The maximum absolute atomic E-state index is 11.7. The highest BCUT2D eigenvalue weighted by Crippen LogP contribution is 2.26. The van der Waals surface area contributed by atoms with Crippen LogP contribution in [0.1, 0.15) is 6.92 Å². The first-order valence-electron chi connectivity index (χ1n) is 6.17. The van der Waals surface area contributed by atoms with E-state index in [2.05, 4.69) is 20.9 Å². The Hall–Kier alpha value is -1.54. The number of carboxylic acids is 1. The fourth-order valence-corrected chi connectivity index (χ4v) is 2.88. The zero-order valence-corrected chi connectivity index (χ0v) is 13.6. The summed E-state index contributed by atoms with van der Waals surface area (Å²) in [6, 6.07) is 5.49. The molecule has 0 fully saturated rings. The normalized spacial score (nSPS) is 10.8. The van der Waals surface area contributed by atoms with Gasteiger partial charge in [0.25, 0.3) is 0 Å². The maximum Gasteiger partial charge on any atom is 0.326 e. The number of carboxylic acid groups (broad SMARTS) is 1. The van der Waals surface area contributed by atoms with Crippen molar-refractivity contribution < 1.29 is 19.4 Å². The lowest BCUT2D eigenvalue weighted by atomic mass is 10.3. The monoisotopic (exact) mass is 372 g/mol. The molecule has 0 spiro atoms. The van der Waals surface area contributed by atoms with Crippen LogP contribution < -0.4 is 0 Å². The number of hydrogen-bond acceptors (Lipinski definition) is 5. The van der Waals surface area contributed by atoms with E-state index in [1.807, 2.05) is 18.2 Å². The molecule has 0 bridgehead atoms. The van der Waals surface area contributed by atoms with E-state index in [0.29, 0.717) is 17.3 Å². The summed E-state index contributed by atoms with van der Waals surface area (Å²) in [7, 11) is 0. The first-order chi connectivity index (χ1) is 10.0. The SMILES string of the molecule is CCOC(=O)Cn1c(SCC(=O)O)nc2ccc(Br)cc21. The van der Waals surface area contributed by atoms with Gasteiger partial charge in [0, 0.05) is 4.47 Å². The van der Waals surface area contributed by atoms with E-state index in [1.54, 1.807) is 11.5 Å². The molecule has 0 saturated carbocycles. The lowest BCUT2D eigenvalue weighted by molar-refractivity contribution is -0.143. The maximum atomic E-state index is 11.7. The minimum atomic E-state index is -0.934. The number of benzene rings is 1. The predicted octanol–water partition coefficient (Wildman–Crippen LogP) is 2.54. The van der Waals surface area contributed by atoms with Gasteiger partial charge < -0.3 is 14.4 Å². The van der Waals surface area contributed by atoms with Crippen LogP contribution in [0.3, 0.4) is 0 Å². The third kappa shape index (κ3) is 3.98. The summed E-state index contributed by atoms with van der Waals surface area (Å²) in [5.74, 6) is -1.43. The molecule has 8 heteroatoms. The van der Waals surface area contributed by atoms with Crippen molar-refractivity contribution in [3.05, 3.63) is 22.7 Å². The number of aliphatic carboxylic acids is 1. The number of thioether (sulfide) groups is 1. The highest BCUT2D eigenvalue weighted by Gasteiger charge is 2.16. The first-order valence-corrected chi connectivity index (χ1v) is 7.95. The quantitative estimate of drug-likeness (QED) is 0.619. The predicted molar refractivity (Wildman–Crippen MR) is 82.4 cm³/mol. The van der Waals surface area contributed by atoms with E-state index in [9.17, 15) is 9.59 Å². The van der Waals surface area contributed by atoms with Crippen molar-refractivity contribution in [2.45, 2.75) is 18.6 Å². The molecular weight excluding hydrogens is 360 g/mol. The molecule has 2 aromatic rings. The number of fused-ring (bicyclic) bond motifs is 1. The first kappa shape index (κ1) is 15.8. The van der Waals surface area contributed by atoms with E-state index in [-0.39, 0.29) is 18.3 Å². The molecule has 1 aromatic heterocycles. The van der Waals surface area contributed by atoms with Crippen LogP contribution in [0.25, 0.3) is 11.0 Å². The summed E-state index contributed by atoms with van der Waals surface area (Å²) in [6.07, 6.45) is 0. The van der Waals surface area contributed by atoms with Crippen LogP contribution in [-0.4, -0.2) is 39.0 Å². The largest absolute Gasteiger partial charge is 0.481 e. The Bertz CT molecular complexity index is 686. The summed E-state index contributed by atoms with van der Waals surface area (Å²) in [6.45, 7) is 2.04. The van der Waals surface area contributed by atoms with Crippen LogP contribution in [0.5, 0.6) is 0 Å². The second kappa shape index (κ2) is 6.95. The highest BCUT2D eigenvalue weighted by molar-refractivity contribution is 9.10. The Morgan fingerprint density at radius 2 is 2.24 bits per heavy atom. The van der Waals surface area contributed by atoms with Gasteiger partial charge in [0.2, 0.25) is 0 Å². The summed E-state index contributed by atoms with van der Waals surface area (Å²) >= 11 is 4.45. The highest BCUT2D eigenvalue weighted by atomic mass is 79.9. The molecule has 0 aliphatic carbocycles. The van der Waals surface area contributed by atoms with Gasteiger partial charge in [-0.3, -0.25) is 9.59 Å². The third-order valence-corrected chi connectivity index (χ3v) is 4.05. The van der Waals surface area contributed by atoms with Crippen LogP contribution in [0, 0.1) is 0 Å². The molecule has 1 aromatic carbocycles. The molecule has 112 valence electrons. The molecule has 0 aliphatic rings. The fraction of sp³-hybridized carbons (Fsp3) is 0.308. The van der Waals surface area contributed by atoms with Gasteiger partial charge in [-0.05, 0) is 25.1 Å². The number of esters is 1. The molecule has 0 radical (unpaired) electrons. The molecule has 0 atom stereocenters. The van der Waals surface area contributed by atoms with Crippen molar-refractivity contribution in [1.29, 1.82) is 0 Å². The number of nitrogens with zero attached hydrogens (tertiary/aromatic N) is 2. The molecule has 0 saturated heterocycles. The van der Waals surface area contributed by atoms with Gasteiger partial charge in [-0.25, -0.2) is 4.98 Å². The molecular formula is C13H13BrN2O4S. The van der Waals surface area contributed by atoms with Gasteiger partial charge in [-0.1, -0.05) is 27.7 Å². The number of imidazole rings is 1. The number of carbonyl (C=O) groups excluding carboxylic acids is 1. The average Bonchev–Trinajstić information content (AvgIpc) is 2.74. The van der Waals surface area contributed by atoms with Crippen molar-refractivity contribution >= 4 is 50.7 Å². The van der Waals surface area contributed by atoms with E-state index in [0.717, 1.165) is 21.8 Å². The van der Waals surface area contributed by atoms with Gasteiger partial charge in [-0.2, -0.15) is 0 Å². The van der Waals surface area contributed by atoms with Crippen molar-refractivity contribution in [3.8, 4) is 0 Å². The zero-order valence-electron chi connectivity index (χ0n) is 11.2. The average molecular weight is 373 g/mol. The van der Waals surface area contributed by atoms with E-state index in [4.69, 9.17) is 9.84 Å². The number of hydrogen-bond donors (Lipinski definition) is 1.